The maximum atomic E-state index is 14.4. The highest BCUT2D eigenvalue weighted by molar-refractivity contribution is 6.33. The summed E-state index contributed by atoms with van der Waals surface area (Å²) >= 11 is 0. The Labute approximate surface area is 235 Å². The van der Waals surface area contributed by atoms with Gasteiger partial charge in [0.15, 0.2) is 34.5 Å². The molecule has 6 atom stereocenters. The normalized spacial score (nSPS) is 32.6. The maximum Gasteiger partial charge on any atom is 0.235 e. The molecule has 0 bridgehead atoms. The number of hydrogen-bond donors (Lipinski definition) is 4. The van der Waals surface area contributed by atoms with Crippen LogP contribution < -0.4 is 21.9 Å². The van der Waals surface area contributed by atoms with Gasteiger partial charge in [-0.05, 0) is 61.8 Å². The van der Waals surface area contributed by atoms with Crippen LogP contribution >= 0.6 is 0 Å². The lowest BCUT2D eigenvalue weighted by molar-refractivity contribution is -0.166. The van der Waals surface area contributed by atoms with Crippen molar-refractivity contribution < 1.29 is 33.8 Å². The van der Waals surface area contributed by atoms with E-state index in [1.54, 1.807) is 36.4 Å². The van der Waals surface area contributed by atoms with Crippen LogP contribution in [0.25, 0.3) is 11.1 Å². The number of amides is 1. The number of ether oxygens (including phenoxy) is 1. The van der Waals surface area contributed by atoms with Crippen molar-refractivity contribution in [1.29, 1.82) is 5.26 Å². The summed E-state index contributed by atoms with van der Waals surface area (Å²) in [6.45, 7) is 0. The molecule has 0 aromatic heterocycles. The number of aromatic hydroxyl groups is 1. The van der Waals surface area contributed by atoms with Crippen molar-refractivity contribution in [1.82, 2.24) is 4.90 Å². The minimum atomic E-state index is -2.78. The van der Waals surface area contributed by atoms with Crippen LogP contribution in [-0.2, 0) is 25.6 Å². The summed E-state index contributed by atoms with van der Waals surface area (Å²) in [4.78, 5) is 69.3. The number of ketones is 4. The van der Waals surface area contributed by atoms with E-state index in [9.17, 15) is 34.3 Å². The zero-order chi connectivity index (χ0) is 30.2. The monoisotopic (exact) mass is 559 g/mol. The number of phenolic OH excluding ortho intramolecular Hbond substituents is 1. The molecule has 12 heteroatoms. The first-order valence-electron chi connectivity index (χ1n) is 12.8. The number of nitrogens with two attached hydrogens (primary N) is 3. The molecular formula is C29H29N5O7. The summed E-state index contributed by atoms with van der Waals surface area (Å²) in [5.74, 6) is -9.43. The van der Waals surface area contributed by atoms with Crippen LogP contribution in [0.1, 0.15) is 22.3 Å². The second kappa shape index (κ2) is 9.04. The average Bonchev–Trinajstić information content (AvgIpc) is 2.87. The largest absolute Gasteiger partial charge is 0.507 e. The number of carbonyl (C=O) groups excluding carboxylic acids is 5. The molecule has 41 heavy (non-hydrogen) atoms. The first-order chi connectivity index (χ1) is 19.2. The molecule has 212 valence electrons. The number of rotatable bonds is 4. The van der Waals surface area contributed by atoms with E-state index in [2.05, 4.69) is 0 Å². The van der Waals surface area contributed by atoms with Gasteiger partial charge >= 0.3 is 0 Å². The first kappa shape index (κ1) is 28.1. The molecule has 2 aromatic rings. The van der Waals surface area contributed by atoms with Crippen LogP contribution in [0.15, 0.2) is 36.4 Å². The van der Waals surface area contributed by atoms with Gasteiger partial charge in [0.1, 0.15) is 17.4 Å². The van der Waals surface area contributed by atoms with Gasteiger partial charge in [0.25, 0.3) is 0 Å². The Morgan fingerprint density at radius 3 is 2.24 bits per heavy atom. The summed E-state index contributed by atoms with van der Waals surface area (Å²) in [5.41, 5.74) is 13.8. The average molecular weight is 560 g/mol. The summed E-state index contributed by atoms with van der Waals surface area (Å²) in [5, 5.41) is 21.2. The van der Waals surface area contributed by atoms with Crippen molar-refractivity contribution in [2.45, 2.75) is 30.0 Å². The number of hydrogen-bond acceptors (Lipinski definition) is 11. The van der Waals surface area contributed by atoms with Crippen LogP contribution in [0.5, 0.6) is 11.5 Å². The van der Waals surface area contributed by atoms with Crippen LogP contribution in [-0.4, -0.2) is 77.4 Å². The van der Waals surface area contributed by atoms with Crippen molar-refractivity contribution in [2.24, 2.45) is 34.5 Å². The summed E-state index contributed by atoms with van der Waals surface area (Å²) in [6.07, 6.45) is -0.624. The van der Waals surface area contributed by atoms with E-state index in [1.165, 1.54) is 32.2 Å². The lowest BCUT2D eigenvalue weighted by Crippen LogP contribution is -2.85. The van der Waals surface area contributed by atoms with E-state index in [0.29, 0.717) is 22.4 Å². The second-order valence-corrected chi connectivity index (χ2v) is 11.3. The number of likely N-dealkylation sites (N-methyl/N-ethyl adjacent to an activating group) is 1. The van der Waals surface area contributed by atoms with E-state index < -0.39 is 75.6 Å². The Hall–Kier alpha value is -4.44. The fraction of sp³-hybridized carbons (Fsp3) is 0.379. The molecule has 1 amide bonds. The van der Waals surface area contributed by atoms with E-state index in [1.807, 2.05) is 0 Å². The second-order valence-electron chi connectivity index (χ2n) is 11.3. The number of carbonyl (C=O) groups is 5. The number of benzene rings is 2. The molecule has 7 N–H and O–H groups in total. The fourth-order valence-corrected chi connectivity index (χ4v) is 7.25. The van der Waals surface area contributed by atoms with Crippen LogP contribution in [0.3, 0.4) is 0 Å². The summed E-state index contributed by atoms with van der Waals surface area (Å²) in [7, 11) is 4.42. The van der Waals surface area contributed by atoms with Gasteiger partial charge in [-0.1, -0.05) is 18.2 Å². The summed E-state index contributed by atoms with van der Waals surface area (Å²) < 4.78 is 5.22. The molecule has 2 aromatic carbocycles. The van der Waals surface area contributed by atoms with Gasteiger partial charge in [-0.15, -0.1) is 0 Å². The Morgan fingerprint density at radius 1 is 1.07 bits per heavy atom. The first-order valence-corrected chi connectivity index (χ1v) is 12.8. The number of methoxy groups -OCH3 is 1. The minimum absolute atomic E-state index is 0.150. The predicted octanol–water partition coefficient (Wildman–Crippen LogP) is -0.516. The van der Waals surface area contributed by atoms with Crippen molar-refractivity contribution in [3.05, 3.63) is 47.5 Å². The molecule has 3 aliphatic rings. The van der Waals surface area contributed by atoms with Gasteiger partial charge in [0.2, 0.25) is 5.91 Å². The van der Waals surface area contributed by atoms with Crippen LogP contribution in [0, 0.1) is 28.6 Å². The molecule has 12 nitrogen and oxygen atoms in total. The highest BCUT2D eigenvalue weighted by atomic mass is 16.5. The molecule has 2 unspecified atom stereocenters. The molecule has 0 spiro atoms. The van der Waals surface area contributed by atoms with E-state index in [4.69, 9.17) is 21.9 Å². The molecule has 3 aliphatic carbocycles. The fourth-order valence-electron chi connectivity index (χ4n) is 7.25. The highest BCUT2D eigenvalue weighted by Crippen LogP contribution is 2.56. The SMILES string of the molecule is COc1ccc(-c2ccc(O)c3c2C[C@@]2(N)C[C@@]4(N)[C@H](N(C)C)C(=O)C(C(N)=O)C(=O)[C@@]4(C#N)C(=O)C2C3=O)cc1. The van der Waals surface area contributed by atoms with Crippen molar-refractivity contribution in [2.75, 3.05) is 21.2 Å². The number of phenols is 1. The van der Waals surface area contributed by atoms with Gasteiger partial charge in [-0.3, -0.25) is 28.9 Å². The minimum Gasteiger partial charge on any atom is -0.507 e. The number of Topliss-reactive ketones (excluding diaryl/α,β-unsaturated/α-hetero) is 4. The maximum absolute atomic E-state index is 14.4. The standard InChI is InChI=1S/C29H29N5O7/c1-34(2)23-22(37)19(26(31)40)24(38)28(12-30)25(39)20-21(36)18-16(10-27(20,32)11-29(23,28)33)15(8-9-17(18)35)13-4-6-14(41-3)7-5-13/h4-9,19-20,23,35H,10-11,32-33H2,1-3H3,(H2,31,40)/t19?,20?,23-,27-,28+,29-/m1/s1. The number of primary amides is 1. The van der Waals surface area contributed by atoms with E-state index in [0.717, 1.165) is 0 Å². The van der Waals surface area contributed by atoms with Crippen molar-refractivity contribution in [3.8, 4) is 28.7 Å². The lowest BCUT2D eigenvalue weighted by atomic mass is 9.42. The Balaban J connectivity index is 1.76. The number of fused-ring (bicyclic) bond motifs is 3. The number of nitriles is 1. The molecule has 0 radical (unpaired) electrons. The molecule has 2 fully saturated rings. The quantitative estimate of drug-likeness (QED) is 0.349. The van der Waals surface area contributed by atoms with Gasteiger partial charge in [-0.2, -0.15) is 5.26 Å². The topological polar surface area (TPSA) is 220 Å². The predicted molar refractivity (Wildman–Crippen MR) is 143 cm³/mol. The molecule has 2 saturated carbocycles. The van der Waals surface area contributed by atoms with E-state index >= 15 is 0 Å². The molecule has 5 rings (SSSR count). The van der Waals surface area contributed by atoms with Gasteiger partial charge in [0.05, 0.1) is 30.3 Å². The van der Waals surface area contributed by atoms with Gasteiger partial charge < -0.3 is 27.0 Å². The third-order valence-electron chi connectivity index (χ3n) is 8.88. The smallest absolute Gasteiger partial charge is 0.235 e. The van der Waals surface area contributed by atoms with Gasteiger partial charge in [0, 0.05) is 5.54 Å². The molecule has 0 heterocycles. The van der Waals surface area contributed by atoms with E-state index in [-0.39, 0.29) is 12.0 Å². The summed E-state index contributed by atoms with van der Waals surface area (Å²) in [6, 6.07) is 10.1. The van der Waals surface area contributed by atoms with Crippen LogP contribution in [0.2, 0.25) is 0 Å². The Morgan fingerprint density at radius 2 is 1.71 bits per heavy atom. The zero-order valence-electron chi connectivity index (χ0n) is 22.6. The lowest BCUT2D eigenvalue weighted by Gasteiger charge is -2.60. The highest BCUT2D eigenvalue weighted by Gasteiger charge is 2.78. The molecule has 0 aliphatic heterocycles. The van der Waals surface area contributed by atoms with Crippen molar-refractivity contribution in [3.63, 3.8) is 0 Å². The molecule has 0 saturated heterocycles. The zero-order valence-corrected chi connectivity index (χ0v) is 22.6. The molecular weight excluding hydrogens is 530 g/mol. The van der Waals surface area contributed by atoms with Gasteiger partial charge in [-0.25, -0.2) is 0 Å². The Kier molecular flexibility index (Phi) is 6.19. The third-order valence-corrected chi connectivity index (χ3v) is 8.88. The number of nitrogens with zero attached hydrogens (tertiary/aromatic N) is 2. The Bertz CT molecular complexity index is 1600. The third kappa shape index (κ3) is 3.46. The van der Waals surface area contributed by atoms with Crippen molar-refractivity contribution >= 4 is 29.0 Å². The van der Waals surface area contributed by atoms with Crippen LogP contribution in [0.4, 0.5) is 0 Å².